The Labute approximate surface area is 108 Å². The van der Waals surface area contributed by atoms with Gasteiger partial charge in [-0.3, -0.25) is 4.79 Å². The van der Waals surface area contributed by atoms with Crippen molar-refractivity contribution in [2.24, 2.45) is 0 Å². The fraction of sp³-hybridized carbons (Fsp3) is 0.538. The molecule has 1 aliphatic rings. The van der Waals surface area contributed by atoms with E-state index < -0.39 is 0 Å². The van der Waals surface area contributed by atoms with Crippen LogP contribution in [0.15, 0.2) is 18.2 Å². The van der Waals surface area contributed by atoms with E-state index in [4.69, 9.17) is 0 Å². The van der Waals surface area contributed by atoms with E-state index in [1.165, 1.54) is 0 Å². The van der Waals surface area contributed by atoms with Gasteiger partial charge in [0, 0.05) is 40.2 Å². The zero-order valence-electron chi connectivity index (χ0n) is 11.0. The van der Waals surface area contributed by atoms with Crippen LogP contribution >= 0.6 is 0 Å². The van der Waals surface area contributed by atoms with Crippen LogP contribution in [0.5, 0.6) is 0 Å². The average Bonchev–Trinajstić information content (AvgIpc) is 2.64. The summed E-state index contributed by atoms with van der Waals surface area (Å²) in [5.74, 6) is 2.02. The lowest BCUT2D eigenvalue weighted by atomic mass is 10.3. The van der Waals surface area contributed by atoms with Crippen LogP contribution in [0.3, 0.4) is 0 Å². The van der Waals surface area contributed by atoms with Crippen LogP contribution < -0.4 is 10.2 Å². The summed E-state index contributed by atoms with van der Waals surface area (Å²) in [6.45, 7) is 5.05. The lowest BCUT2D eigenvalue weighted by Crippen LogP contribution is -2.33. The van der Waals surface area contributed by atoms with Crippen LogP contribution in [0.25, 0.3) is 0 Å². The van der Waals surface area contributed by atoms with Gasteiger partial charge in [-0.05, 0) is 18.6 Å². The van der Waals surface area contributed by atoms with E-state index in [1.54, 1.807) is 6.92 Å². The van der Waals surface area contributed by atoms with E-state index in [0.717, 1.165) is 44.2 Å². The van der Waals surface area contributed by atoms with Crippen LogP contribution in [0.2, 0.25) is 0 Å². The maximum atomic E-state index is 11.4. The topological polar surface area (TPSA) is 48.5 Å². The normalized spacial score (nSPS) is 16.3. The fourth-order valence-electron chi connectivity index (χ4n) is 2.20. The molecule has 1 N–H and O–H groups in total. The van der Waals surface area contributed by atoms with E-state index >= 15 is 0 Å². The van der Waals surface area contributed by atoms with Gasteiger partial charge in [0.1, 0.15) is 11.6 Å². The fourth-order valence-corrected chi connectivity index (χ4v) is 2.20. The molecule has 1 aromatic rings. The number of nitrogens with one attached hydrogen (secondary N) is 1. The average molecular weight is 248 g/mol. The Kier molecular flexibility index (Phi) is 4.02. The third kappa shape index (κ3) is 2.91. The Bertz CT molecular complexity index is 421. The second kappa shape index (κ2) is 5.71. The lowest BCUT2D eigenvalue weighted by molar-refractivity contribution is -0.128. The first-order valence-electron chi connectivity index (χ1n) is 6.36. The first-order chi connectivity index (χ1) is 8.70. The summed E-state index contributed by atoms with van der Waals surface area (Å²) >= 11 is 0. The second-order valence-electron chi connectivity index (χ2n) is 4.48. The highest BCUT2D eigenvalue weighted by Gasteiger charge is 2.17. The van der Waals surface area contributed by atoms with Gasteiger partial charge in [0.05, 0.1) is 0 Å². The van der Waals surface area contributed by atoms with Crippen molar-refractivity contribution in [3.05, 3.63) is 18.2 Å². The molecule has 0 spiro atoms. The minimum Gasteiger partial charge on any atom is -0.373 e. The molecule has 1 saturated heterocycles. The number of pyridine rings is 1. The molecule has 1 fully saturated rings. The highest BCUT2D eigenvalue weighted by atomic mass is 16.2. The van der Waals surface area contributed by atoms with Gasteiger partial charge < -0.3 is 15.1 Å². The molecule has 0 bridgehead atoms. The number of carbonyl (C=O) groups is 1. The van der Waals surface area contributed by atoms with Crippen LogP contribution in [0, 0.1) is 0 Å². The van der Waals surface area contributed by atoms with Crippen molar-refractivity contribution in [2.75, 3.05) is 43.4 Å². The molecule has 5 nitrogen and oxygen atoms in total. The van der Waals surface area contributed by atoms with Crippen LogP contribution in [-0.4, -0.2) is 49.0 Å². The maximum Gasteiger partial charge on any atom is 0.219 e. The summed E-state index contributed by atoms with van der Waals surface area (Å²) in [7, 11) is 1.87. The number of amides is 1. The lowest BCUT2D eigenvalue weighted by Gasteiger charge is -2.22. The summed E-state index contributed by atoms with van der Waals surface area (Å²) in [5, 5.41) is 3.05. The Morgan fingerprint density at radius 1 is 1.28 bits per heavy atom. The van der Waals surface area contributed by atoms with Crippen molar-refractivity contribution in [2.45, 2.75) is 13.3 Å². The molecule has 1 amide bonds. The molecule has 0 radical (unpaired) electrons. The van der Waals surface area contributed by atoms with Gasteiger partial charge in [-0.15, -0.1) is 0 Å². The van der Waals surface area contributed by atoms with Crippen LogP contribution in [-0.2, 0) is 4.79 Å². The molecule has 5 heteroatoms. The van der Waals surface area contributed by atoms with Gasteiger partial charge >= 0.3 is 0 Å². The van der Waals surface area contributed by atoms with E-state index in [-0.39, 0.29) is 5.91 Å². The Balaban J connectivity index is 2.07. The highest BCUT2D eigenvalue weighted by Crippen LogP contribution is 2.16. The number of aromatic nitrogens is 1. The molecule has 0 saturated carbocycles. The highest BCUT2D eigenvalue weighted by molar-refractivity contribution is 5.73. The molecular formula is C13H20N4O. The van der Waals surface area contributed by atoms with Crippen molar-refractivity contribution in [3.8, 4) is 0 Å². The van der Waals surface area contributed by atoms with Crippen molar-refractivity contribution in [3.63, 3.8) is 0 Å². The Morgan fingerprint density at radius 2 is 2.11 bits per heavy atom. The van der Waals surface area contributed by atoms with Crippen molar-refractivity contribution in [1.82, 2.24) is 9.88 Å². The van der Waals surface area contributed by atoms with Gasteiger partial charge in [-0.2, -0.15) is 0 Å². The smallest absolute Gasteiger partial charge is 0.219 e. The third-order valence-corrected chi connectivity index (χ3v) is 3.26. The Hall–Kier alpha value is -1.78. The summed E-state index contributed by atoms with van der Waals surface area (Å²) in [5.41, 5.74) is 0. The molecule has 0 aliphatic carbocycles. The molecule has 1 aliphatic heterocycles. The van der Waals surface area contributed by atoms with Crippen LogP contribution in [0.1, 0.15) is 13.3 Å². The molecule has 0 unspecified atom stereocenters. The van der Waals surface area contributed by atoms with E-state index in [0.29, 0.717) is 0 Å². The molecule has 1 aromatic heterocycles. The van der Waals surface area contributed by atoms with E-state index in [1.807, 2.05) is 30.1 Å². The van der Waals surface area contributed by atoms with Gasteiger partial charge in [-0.1, -0.05) is 6.07 Å². The maximum absolute atomic E-state index is 11.4. The molecule has 0 aromatic carbocycles. The third-order valence-electron chi connectivity index (χ3n) is 3.26. The minimum absolute atomic E-state index is 0.161. The Morgan fingerprint density at radius 3 is 2.83 bits per heavy atom. The number of nitrogens with zero attached hydrogens (tertiary/aromatic N) is 3. The molecule has 2 rings (SSSR count). The van der Waals surface area contributed by atoms with E-state index in [2.05, 4.69) is 15.2 Å². The first-order valence-corrected chi connectivity index (χ1v) is 6.36. The van der Waals surface area contributed by atoms with Gasteiger partial charge in [0.25, 0.3) is 0 Å². The predicted molar refractivity (Wildman–Crippen MR) is 72.9 cm³/mol. The van der Waals surface area contributed by atoms with Gasteiger partial charge in [0.2, 0.25) is 5.91 Å². The molecule has 0 atom stereocenters. The van der Waals surface area contributed by atoms with Gasteiger partial charge in [0.15, 0.2) is 0 Å². The zero-order valence-corrected chi connectivity index (χ0v) is 11.0. The number of hydrogen-bond donors (Lipinski definition) is 1. The van der Waals surface area contributed by atoms with Crippen LogP contribution in [0.4, 0.5) is 11.6 Å². The largest absolute Gasteiger partial charge is 0.373 e. The molecule has 98 valence electrons. The van der Waals surface area contributed by atoms with Gasteiger partial charge in [-0.25, -0.2) is 4.98 Å². The summed E-state index contributed by atoms with van der Waals surface area (Å²) in [4.78, 5) is 20.1. The van der Waals surface area contributed by atoms with E-state index in [9.17, 15) is 4.79 Å². The minimum atomic E-state index is 0.161. The monoisotopic (exact) mass is 248 g/mol. The predicted octanol–water partition coefficient (Wildman–Crippen LogP) is 1.18. The van der Waals surface area contributed by atoms with Crippen molar-refractivity contribution < 1.29 is 4.79 Å². The molecule has 2 heterocycles. The molecule has 18 heavy (non-hydrogen) atoms. The summed E-state index contributed by atoms with van der Waals surface area (Å²) in [6.07, 6.45) is 0.991. The number of rotatable bonds is 2. The number of anilines is 2. The zero-order chi connectivity index (χ0) is 13.0. The summed E-state index contributed by atoms with van der Waals surface area (Å²) < 4.78 is 0. The first kappa shape index (κ1) is 12.7. The second-order valence-corrected chi connectivity index (χ2v) is 4.48. The number of carbonyl (C=O) groups excluding carboxylic acids is 1. The number of hydrogen-bond acceptors (Lipinski definition) is 4. The van der Waals surface area contributed by atoms with Crippen molar-refractivity contribution >= 4 is 17.5 Å². The standard InChI is InChI=1S/C13H20N4O/c1-11(18)16-7-4-8-17(10-9-16)13-6-3-5-12(14-2)15-13/h3,5-6H,4,7-10H2,1-2H3,(H,14,15). The SMILES string of the molecule is CNc1cccc(N2CCCN(C(C)=O)CC2)n1. The molecular weight excluding hydrogens is 228 g/mol. The summed E-state index contributed by atoms with van der Waals surface area (Å²) in [6, 6.07) is 5.97. The quantitative estimate of drug-likeness (QED) is 0.854. The van der Waals surface area contributed by atoms with Crippen molar-refractivity contribution in [1.29, 1.82) is 0 Å².